The van der Waals surface area contributed by atoms with Gasteiger partial charge in [-0.2, -0.15) is 0 Å². The van der Waals surface area contributed by atoms with E-state index in [2.05, 4.69) is 10.2 Å². The molecule has 0 aliphatic carbocycles. The first-order chi connectivity index (χ1) is 16.3. The summed E-state index contributed by atoms with van der Waals surface area (Å²) in [6.45, 7) is 3.44. The molecule has 0 bridgehead atoms. The van der Waals surface area contributed by atoms with Gasteiger partial charge in [-0.1, -0.05) is 11.6 Å². The van der Waals surface area contributed by atoms with Crippen LogP contribution in [0.15, 0.2) is 36.4 Å². The van der Waals surface area contributed by atoms with Crippen molar-refractivity contribution in [1.82, 2.24) is 4.90 Å². The van der Waals surface area contributed by atoms with Crippen LogP contribution in [0.5, 0.6) is 11.5 Å². The Hall–Kier alpha value is -2.81. The maximum Gasteiger partial charge on any atom is 0.337 e. The summed E-state index contributed by atoms with van der Waals surface area (Å²) in [6, 6.07) is 10.4. The Bertz CT molecular complexity index is 1070. The van der Waals surface area contributed by atoms with Crippen molar-refractivity contribution in [3.05, 3.63) is 52.5 Å². The fourth-order valence-corrected chi connectivity index (χ4v) is 4.74. The van der Waals surface area contributed by atoms with Crippen LogP contribution < -0.4 is 14.8 Å². The summed E-state index contributed by atoms with van der Waals surface area (Å²) in [5, 5.41) is 14.0. The molecule has 8 nitrogen and oxygen atoms in total. The Morgan fingerprint density at radius 3 is 2.71 bits per heavy atom. The predicted molar refractivity (Wildman–Crippen MR) is 128 cm³/mol. The first-order valence-corrected chi connectivity index (χ1v) is 11.7. The number of benzene rings is 2. The monoisotopic (exact) mass is 488 g/mol. The molecule has 0 unspecified atom stereocenters. The highest BCUT2D eigenvalue weighted by Gasteiger charge is 2.42. The highest BCUT2D eigenvalue weighted by Crippen LogP contribution is 2.42. The zero-order chi connectivity index (χ0) is 24.3. The van der Waals surface area contributed by atoms with Gasteiger partial charge in [0.05, 0.1) is 18.4 Å². The molecule has 34 heavy (non-hydrogen) atoms. The molecule has 1 atom stereocenters. The lowest BCUT2D eigenvalue weighted by molar-refractivity contribution is -0.114. The molecule has 1 saturated heterocycles. The minimum absolute atomic E-state index is 0.0132. The van der Waals surface area contributed by atoms with Gasteiger partial charge in [-0.3, -0.25) is 4.79 Å². The molecule has 2 aliphatic rings. The van der Waals surface area contributed by atoms with Crippen molar-refractivity contribution in [1.29, 1.82) is 0 Å². The number of fused-ring (bicyclic) bond motifs is 1. The molecule has 182 valence electrons. The van der Waals surface area contributed by atoms with E-state index in [9.17, 15) is 14.7 Å². The van der Waals surface area contributed by atoms with E-state index >= 15 is 0 Å². The summed E-state index contributed by atoms with van der Waals surface area (Å²) in [5.74, 6) is 0.429. The third-order valence-corrected chi connectivity index (χ3v) is 6.48. The number of piperidine rings is 1. The molecule has 2 aliphatic heterocycles. The van der Waals surface area contributed by atoms with Gasteiger partial charge in [0.15, 0.2) is 0 Å². The van der Waals surface area contributed by atoms with Gasteiger partial charge in [0, 0.05) is 50.8 Å². The number of nitrogens with one attached hydrogen (secondary N) is 1. The molecular formula is C25H29ClN2O6. The quantitative estimate of drug-likeness (QED) is 0.577. The summed E-state index contributed by atoms with van der Waals surface area (Å²) in [5.41, 5.74) is 1.66. The van der Waals surface area contributed by atoms with Crippen molar-refractivity contribution >= 4 is 29.2 Å². The van der Waals surface area contributed by atoms with Crippen LogP contribution in [0.25, 0.3) is 0 Å². The topological polar surface area (TPSA) is 97.3 Å². The van der Waals surface area contributed by atoms with E-state index in [1.165, 1.54) is 20.1 Å². The molecule has 1 fully saturated rings. The molecule has 2 heterocycles. The van der Waals surface area contributed by atoms with Gasteiger partial charge in [0.1, 0.15) is 29.8 Å². The minimum atomic E-state index is -0.749. The zero-order valence-corrected chi connectivity index (χ0v) is 20.1. The second kappa shape index (κ2) is 10.2. The molecular weight excluding hydrogens is 460 g/mol. The van der Waals surface area contributed by atoms with Crippen LogP contribution in [0.2, 0.25) is 5.02 Å². The first kappa shape index (κ1) is 24.3. The number of rotatable bonds is 7. The number of carbonyl (C=O) groups excluding carboxylic acids is 2. The zero-order valence-electron chi connectivity index (χ0n) is 19.3. The van der Waals surface area contributed by atoms with E-state index in [1.54, 1.807) is 12.1 Å². The third kappa shape index (κ3) is 5.63. The van der Waals surface area contributed by atoms with Crippen LogP contribution in [0.1, 0.15) is 35.7 Å². The summed E-state index contributed by atoms with van der Waals surface area (Å²) in [4.78, 5) is 25.6. The maximum atomic E-state index is 11.9. The number of esters is 1. The third-order valence-electron chi connectivity index (χ3n) is 6.24. The molecule has 0 saturated carbocycles. The summed E-state index contributed by atoms with van der Waals surface area (Å²) in [6.07, 6.45) is 1.83. The van der Waals surface area contributed by atoms with Crippen molar-refractivity contribution in [2.45, 2.75) is 37.9 Å². The average Bonchev–Trinajstić information content (AvgIpc) is 3.16. The number of hydrogen-bond donors (Lipinski definition) is 2. The molecule has 4 rings (SSSR count). The lowest BCUT2D eigenvalue weighted by atomic mass is 9.87. The van der Waals surface area contributed by atoms with Crippen LogP contribution >= 0.6 is 11.6 Å². The van der Waals surface area contributed by atoms with Gasteiger partial charge < -0.3 is 29.5 Å². The molecule has 2 aromatic carbocycles. The number of carbonyl (C=O) groups is 2. The van der Waals surface area contributed by atoms with E-state index in [1.807, 2.05) is 18.2 Å². The second-order valence-electron chi connectivity index (χ2n) is 8.86. The van der Waals surface area contributed by atoms with Gasteiger partial charge >= 0.3 is 5.97 Å². The Balaban J connectivity index is 1.31. The van der Waals surface area contributed by atoms with Crippen LogP contribution in [0.3, 0.4) is 0 Å². The van der Waals surface area contributed by atoms with Gasteiger partial charge in [-0.05, 0) is 42.0 Å². The van der Waals surface area contributed by atoms with Crippen LogP contribution in [0.4, 0.5) is 5.69 Å². The van der Waals surface area contributed by atoms with Crippen molar-refractivity contribution < 1.29 is 28.9 Å². The summed E-state index contributed by atoms with van der Waals surface area (Å²) >= 11 is 6.12. The molecule has 0 radical (unpaired) electrons. The van der Waals surface area contributed by atoms with Crippen molar-refractivity contribution in [2.24, 2.45) is 0 Å². The van der Waals surface area contributed by atoms with Crippen molar-refractivity contribution in [3.8, 4) is 11.5 Å². The predicted octanol–water partition coefficient (Wildman–Crippen LogP) is 3.29. The van der Waals surface area contributed by atoms with E-state index in [0.717, 1.165) is 48.7 Å². The first-order valence-electron chi connectivity index (χ1n) is 11.3. The average molecular weight is 489 g/mol. The van der Waals surface area contributed by atoms with Gasteiger partial charge in [0.2, 0.25) is 5.91 Å². The Kier molecular flexibility index (Phi) is 7.30. The standard InChI is InChI=1S/C25H29ClN2O6/c1-16(29)27-21-5-3-17(24(31)32-2)12-23(21)33-15-20(30)14-28-9-7-25(8-10-28)13-18-11-19(26)4-6-22(18)34-25/h3-6,11-12,20,30H,7-10,13-15H2,1-2H3,(H,27,29)/t20-/m0/s1. The normalized spacial score (nSPS) is 17.5. The number of aliphatic hydroxyl groups excluding tert-OH is 1. The highest BCUT2D eigenvalue weighted by atomic mass is 35.5. The number of anilines is 1. The van der Waals surface area contributed by atoms with Crippen LogP contribution in [0, 0.1) is 0 Å². The van der Waals surface area contributed by atoms with Crippen molar-refractivity contribution in [3.63, 3.8) is 0 Å². The number of aliphatic hydroxyl groups is 1. The lowest BCUT2D eigenvalue weighted by Gasteiger charge is -2.39. The number of hydrogen-bond acceptors (Lipinski definition) is 7. The number of amides is 1. The lowest BCUT2D eigenvalue weighted by Crippen LogP contribution is -2.49. The number of methoxy groups -OCH3 is 1. The fraction of sp³-hybridized carbons (Fsp3) is 0.440. The van der Waals surface area contributed by atoms with E-state index in [-0.39, 0.29) is 18.1 Å². The summed E-state index contributed by atoms with van der Waals surface area (Å²) < 4.78 is 16.8. The smallest absolute Gasteiger partial charge is 0.337 e. The Morgan fingerprint density at radius 2 is 2.00 bits per heavy atom. The molecule has 2 N–H and O–H groups in total. The van der Waals surface area contributed by atoms with Gasteiger partial charge in [-0.15, -0.1) is 0 Å². The molecule has 0 aromatic heterocycles. The van der Waals surface area contributed by atoms with Gasteiger partial charge in [0.25, 0.3) is 0 Å². The molecule has 1 spiro atoms. The molecule has 1 amide bonds. The van der Waals surface area contributed by atoms with E-state index < -0.39 is 12.1 Å². The van der Waals surface area contributed by atoms with Gasteiger partial charge in [-0.25, -0.2) is 4.79 Å². The SMILES string of the molecule is COC(=O)c1ccc(NC(C)=O)c(OC[C@@H](O)CN2CCC3(CC2)Cc2cc(Cl)ccc2O3)c1. The van der Waals surface area contributed by atoms with E-state index in [4.69, 9.17) is 25.8 Å². The Labute approximate surface area is 203 Å². The second-order valence-corrected chi connectivity index (χ2v) is 9.30. The van der Waals surface area contributed by atoms with Crippen molar-refractivity contribution in [2.75, 3.05) is 38.7 Å². The number of halogens is 1. The fourth-order valence-electron chi connectivity index (χ4n) is 4.54. The highest BCUT2D eigenvalue weighted by molar-refractivity contribution is 6.30. The largest absolute Gasteiger partial charge is 0.489 e. The van der Waals surface area contributed by atoms with E-state index in [0.29, 0.717) is 23.5 Å². The van der Waals surface area contributed by atoms with Crippen LogP contribution in [-0.4, -0.2) is 66.9 Å². The summed E-state index contributed by atoms with van der Waals surface area (Å²) in [7, 11) is 1.29. The molecule has 2 aromatic rings. The number of likely N-dealkylation sites (tertiary alicyclic amines) is 1. The number of β-amino-alcohol motifs (C(OH)–C–C–N with tert-alkyl or cyclic N) is 1. The maximum absolute atomic E-state index is 11.9. The Morgan fingerprint density at radius 1 is 1.24 bits per heavy atom. The molecule has 9 heteroatoms. The van der Waals surface area contributed by atoms with Crippen LogP contribution in [-0.2, 0) is 16.0 Å². The number of nitrogens with zero attached hydrogens (tertiary/aromatic N) is 1. The minimum Gasteiger partial charge on any atom is -0.489 e. The number of ether oxygens (including phenoxy) is 3.